The van der Waals surface area contributed by atoms with Crippen LogP contribution in [0.3, 0.4) is 0 Å². The predicted octanol–water partition coefficient (Wildman–Crippen LogP) is 3.60. The summed E-state index contributed by atoms with van der Waals surface area (Å²) in [4.78, 5) is 15.8. The average Bonchev–Trinajstić information content (AvgIpc) is 3.19. The molecule has 0 N–H and O–H groups in total. The van der Waals surface area contributed by atoms with Crippen LogP contribution in [0.4, 0.5) is 14.6 Å². The molecule has 0 saturated carbocycles. The van der Waals surface area contributed by atoms with Gasteiger partial charge in [0, 0.05) is 44.0 Å². The van der Waals surface area contributed by atoms with Gasteiger partial charge in [-0.1, -0.05) is 0 Å². The van der Waals surface area contributed by atoms with Gasteiger partial charge in [0.2, 0.25) is 0 Å². The summed E-state index contributed by atoms with van der Waals surface area (Å²) in [5, 5.41) is 4.78. The first-order chi connectivity index (χ1) is 15.5. The lowest BCUT2D eigenvalue weighted by Gasteiger charge is -2.32. The predicted molar refractivity (Wildman–Crippen MR) is 115 cm³/mol. The van der Waals surface area contributed by atoms with Gasteiger partial charge in [-0.05, 0) is 12.5 Å². The molecule has 0 aliphatic carbocycles. The molecular weight excluding hydrogens is 418 g/mol. The number of hydrogen-bond acceptors (Lipinski definition) is 7. The lowest BCUT2D eigenvalue weighted by atomic mass is 10.1. The van der Waals surface area contributed by atoms with Gasteiger partial charge >= 0.3 is 0 Å². The minimum absolute atomic E-state index is 0.115. The van der Waals surface area contributed by atoms with Crippen molar-refractivity contribution in [2.24, 2.45) is 7.05 Å². The van der Waals surface area contributed by atoms with Crippen LogP contribution in [-0.2, 0) is 7.05 Å². The van der Waals surface area contributed by atoms with Crippen LogP contribution >= 0.6 is 0 Å². The number of aromatic nitrogens is 5. The molecule has 1 saturated heterocycles. The van der Waals surface area contributed by atoms with Gasteiger partial charge in [-0.2, -0.15) is 5.10 Å². The molecule has 1 fully saturated rings. The molecule has 0 atom stereocenters. The molecule has 0 bridgehead atoms. The zero-order valence-electron chi connectivity index (χ0n) is 17.8. The summed E-state index contributed by atoms with van der Waals surface area (Å²) in [5.74, 6) is -0.901. The highest BCUT2D eigenvalue weighted by atomic mass is 19.1. The fourth-order valence-corrected chi connectivity index (χ4v) is 3.69. The van der Waals surface area contributed by atoms with Crippen molar-refractivity contribution in [2.45, 2.75) is 6.42 Å². The Hall–Kier alpha value is -3.82. The lowest BCUT2D eigenvalue weighted by Crippen LogP contribution is -2.38. The van der Waals surface area contributed by atoms with Gasteiger partial charge in [-0.25, -0.2) is 23.7 Å². The molecule has 1 aliphatic rings. The molecule has 8 nitrogen and oxygen atoms in total. The van der Waals surface area contributed by atoms with E-state index < -0.39 is 11.6 Å². The SMILES string of the molecule is COc1cc(OC)c(F)c(-c2cc3cnc(-c4cnn(C)c4)nc3c(N3CCC3)n2)c1F. The van der Waals surface area contributed by atoms with Crippen molar-refractivity contribution in [3.8, 4) is 34.1 Å². The Balaban J connectivity index is 1.74. The standard InChI is InChI=1S/C22H20F2N6O2/c1-29-11-13(10-26-29)21-25-9-12-7-14(27-22(20(12)28-21)30-5-4-6-30)17-18(23)15(31-2)8-16(32-3)19(17)24/h7-11H,4-6H2,1-3H3. The quantitative estimate of drug-likeness (QED) is 0.471. The third-order valence-corrected chi connectivity index (χ3v) is 5.50. The molecule has 0 radical (unpaired) electrons. The summed E-state index contributed by atoms with van der Waals surface area (Å²) >= 11 is 0. The molecule has 1 aromatic carbocycles. The van der Waals surface area contributed by atoms with Crippen LogP contribution < -0.4 is 14.4 Å². The van der Waals surface area contributed by atoms with E-state index in [2.05, 4.69) is 15.1 Å². The van der Waals surface area contributed by atoms with E-state index in [-0.39, 0.29) is 22.8 Å². The summed E-state index contributed by atoms with van der Waals surface area (Å²) in [6.07, 6.45) is 6.13. The zero-order chi connectivity index (χ0) is 22.4. The van der Waals surface area contributed by atoms with Crippen LogP contribution in [0.5, 0.6) is 11.5 Å². The van der Waals surface area contributed by atoms with E-state index in [0.717, 1.165) is 25.1 Å². The topological polar surface area (TPSA) is 78.2 Å². The Morgan fingerprint density at radius 3 is 2.25 bits per heavy atom. The molecule has 5 rings (SSSR count). The molecule has 164 valence electrons. The number of benzene rings is 1. The monoisotopic (exact) mass is 438 g/mol. The van der Waals surface area contributed by atoms with E-state index in [0.29, 0.717) is 22.5 Å². The van der Waals surface area contributed by atoms with Gasteiger partial charge in [-0.15, -0.1) is 0 Å². The molecule has 32 heavy (non-hydrogen) atoms. The first kappa shape index (κ1) is 20.1. The summed E-state index contributed by atoms with van der Waals surface area (Å²) in [7, 11) is 4.44. The Morgan fingerprint density at radius 2 is 1.69 bits per heavy atom. The summed E-state index contributed by atoms with van der Waals surface area (Å²) in [5.41, 5.74) is 1.17. The van der Waals surface area contributed by atoms with Crippen molar-refractivity contribution in [3.63, 3.8) is 0 Å². The maximum atomic E-state index is 15.1. The highest BCUT2D eigenvalue weighted by Crippen LogP contribution is 2.39. The van der Waals surface area contributed by atoms with Gasteiger partial charge in [0.05, 0.1) is 37.2 Å². The molecule has 0 amide bonds. The van der Waals surface area contributed by atoms with Crippen molar-refractivity contribution < 1.29 is 18.3 Å². The summed E-state index contributed by atoms with van der Waals surface area (Å²) in [6, 6.07) is 2.75. The second-order valence-electron chi connectivity index (χ2n) is 7.49. The van der Waals surface area contributed by atoms with Crippen molar-refractivity contribution in [3.05, 3.63) is 42.4 Å². The number of halogens is 2. The number of rotatable bonds is 5. The summed E-state index contributed by atoms with van der Waals surface area (Å²) in [6.45, 7) is 1.56. The van der Waals surface area contributed by atoms with Gasteiger partial charge in [-0.3, -0.25) is 4.68 Å². The molecule has 0 unspecified atom stereocenters. The second kappa shape index (κ2) is 7.70. The first-order valence-electron chi connectivity index (χ1n) is 10.0. The number of nitrogens with zero attached hydrogens (tertiary/aromatic N) is 6. The molecule has 0 spiro atoms. The zero-order valence-corrected chi connectivity index (χ0v) is 17.8. The minimum Gasteiger partial charge on any atom is -0.494 e. The third kappa shape index (κ3) is 3.19. The molecule has 10 heteroatoms. The first-order valence-corrected chi connectivity index (χ1v) is 10.0. The van der Waals surface area contributed by atoms with Crippen molar-refractivity contribution >= 4 is 16.7 Å². The normalized spacial score (nSPS) is 13.3. The third-order valence-electron chi connectivity index (χ3n) is 5.50. The van der Waals surface area contributed by atoms with E-state index in [1.165, 1.54) is 20.3 Å². The minimum atomic E-state index is -0.847. The van der Waals surface area contributed by atoms with Crippen LogP contribution in [0.15, 0.2) is 30.7 Å². The van der Waals surface area contributed by atoms with Gasteiger partial charge in [0.25, 0.3) is 0 Å². The molecule has 1 aliphatic heterocycles. The van der Waals surface area contributed by atoms with E-state index in [4.69, 9.17) is 14.5 Å². The van der Waals surface area contributed by atoms with Crippen LogP contribution in [-0.4, -0.2) is 52.0 Å². The van der Waals surface area contributed by atoms with Crippen molar-refractivity contribution in [2.75, 3.05) is 32.2 Å². The number of hydrogen-bond donors (Lipinski definition) is 0. The average molecular weight is 438 g/mol. The van der Waals surface area contributed by atoms with Gasteiger partial charge in [0.1, 0.15) is 5.52 Å². The second-order valence-corrected chi connectivity index (χ2v) is 7.49. The fourth-order valence-electron chi connectivity index (χ4n) is 3.69. The Bertz CT molecular complexity index is 1310. The number of ether oxygens (including phenoxy) is 2. The van der Waals surface area contributed by atoms with E-state index in [9.17, 15) is 0 Å². The molecule has 4 aromatic rings. The van der Waals surface area contributed by atoms with Gasteiger partial charge < -0.3 is 14.4 Å². The molecular formula is C22H20F2N6O2. The smallest absolute Gasteiger partial charge is 0.177 e. The fraction of sp³-hybridized carbons (Fsp3) is 0.273. The lowest BCUT2D eigenvalue weighted by molar-refractivity contribution is 0.359. The largest absolute Gasteiger partial charge is 0.494 e. The van der Waals surface area contributed by atoms with Crippen molar-refractivity contribution in [1.82, 2.24) is 24.7 Å². The Morgan fingerprint density at radius 1 is 0.969 bits per heavy atom. The number of fused-ring (bicyclic) bond motifs is 1. The number of aryl methyl sites for hydroxylation is 1. The number of pyridine rings is 1. The molecule has 3 aromatic heterocycles. The van der Waals surface area contributed by atoms with Crippen LogP contribution in [0.25, 0.3) is 33.5 Å². The van der Waals surface area contributed by atoms with Crippen molar-refractivity contribution in [1.29, 1.82) is 0 Å². The summed E-state index contributed by atoms with van der Waals surface area (Å²) < 4.78 is 42.1. The van der Waals surface area contributed by atoms with Crippen LogP contribution in [0.1, 0.15) is 6.42 Å². The van der Waals surface area contributed by atoms with E-state index >= 15 is 8.78 Å². The Labute approximate surface area is 182 Å². The highest BCUT2D eigenvalue weighted by Gasteiger charge is 2.26. The highest BCUT2D eigenvalue weighted by molar-refractivity contribution is 5.93. The maximum absolute atomic E-state index is 15.1. The van der Waals surface area contributed by atoms with Crippen LogP contribution in [0.2, 0.25) is 0 Å². The van der Waals surface area contributed by atoms with E-state index in [1.807, 2.05) is 18.1 Å². The van der Waals surface area contributed by atoms with Gasteiger partial charge in [0.15, 0.2) is 34.8 Å². The van der Waals surface area contributed by atoms with Crippen LogP contribution in [0, 0.1) is 11.6 Å². The number of methoxy groups -OCH3 is 2. The molecule has 4 heterocycles. The Kier molecular flexibility index (Phi) is 4.84. The maximum Gasteiger partial charge on any atom is 0.177 e. The number of anilines is 1. The van der Waals surface area contributed by atoms with E-state index in [1.54, 1.807) is 23.1 Å².